The number of sulfone groups is 1. The molecule has 1 aromatic heterocycles. The molecule has 0 radical (unpaired) electrons. The SMILES string of the molecule is Cc1sc(-c2ccccc2Cl)nc1C(=O)N[C@H]1CCS(=O)(=O)C1. The largest absolute Gasteiger partial charge is 0.347 e. The predicted molar refractivity (Wildman–Crippen MR) is 91.8 cm³/mol. The Balaban J connectivity index is 1.81. The first kappa shape index (κ1) is 16.4. The maximum atomic E-state index is 12.4. The van der Waals surface area contributed by atoms with Crippen LogP contribution in [0.5, 0.6) is 0 Å². The lowest BCUT2D eigenvalue weighted by molar-refractivity contribution is 0.0936. The van der Waals surface area contributed by atoms with Gasteiger partial charge in [-0.1, -0.05) is 29.8 Å². The first-order valence-electron chi connectivity index (χ1n) is 7.09. The van der Waals surface area contributed by atoms with E-state index in [0.717, 1.165) is 10.4 Å². The molecule has 8 heteroatoms. The summed E-state index contributed by atoms with van der Waals surface area (Å²) in [5.41, 5.74) is 1.11. The average Bonchev–Trinajstić information content (AvgIpc) is 3.02. The van der Waals surface area contributed by atoms with Crippen molar-refractivity contribution in [2.45, 2.75) is 19.4 Å². The third-order valence-electron chi connectivity index (χ3n) is 3.68. The van der Waals surface area contributed by atoms with Gasteiger partial charge in [-0.3, -0.25) is 4.79 Å². The van der Waals surface area contributed by atoms with Crippen LogP contribution in [-0.4, -0.2) is 36.9 Å². The number of benzene rings is 1. The number of aromatic nitrogens is 1. The summed E-state index contributed by atoms with van der Waals surface area (Å²) >= 11 is 7.56. The minimum atomic E-state index is -3.03. The van der Waals surface area contributed by atoms with Crippen LogP contribution in [0.4, 0.5) is 0 Å². The van der Waals surface area contributed by atoms with Gasteiger partial charge in [0.25, 0.3) is 5.91 Å². The number of nitrogens with one attached hydrogen (secondary N) is 1. The number of carbonyl (C=O) groups excluding carboxylic acids is 1. The number of hydrogen-bond acceptors (Lipinski definition) is 5. The summed E-state index contributed by atoms with van der Waals surface area (Å²) in [5.74, 6) is -0.211. The molecule has 0 aliphatic carbocycles. The van der Waals surface area contributed by atoms with Crippen LogP contribution in [0.1, 0.15) is 21.8 Å². The lowest BCUT2D eigenvalue weighted by atomic mass is 10.2. The predicted octanol–water partition coefficient (Wildman–Crippen LogP) is 2.69. The van der Waals surface area contributed by atoms with E-state index in [1.807, 2.05) is 25.1 Å². The van der Waals surface area contributed by atoms with Crippen molar-refractivity contribution < 1.29 is 13.2 Å². The van der Waals surface area contributed by atoms with Crippen molar-refractivity contribution in [2.75, 3.05) is 11.5 Å². The maximum absolute atomic E-state index is 12.4. The van der Waals surface area contributed by atoms with Gasteiger partial charge in [0.1, 0.15) is 10.7 Å². The van der Waals surface area contributed by atoms with Crippen molar-refractivity contribution in [3.63, 3.8) is 0 Å². The summed E-state index contributed by atoms with van der Waals surface area (Å²) in [4.78, 5) is 17.5. The van der Waals surface area contributed by atoms with E-state index in [1.54, 1.807) is 6.07 Å². The van der Waals surface area contributed by atoms with Gasteiger partial charge in [-0.05, 0) is 19.4 Å². The molecule has 0 bridgehead atoms. The van der Waals surface area contributed by atoms with Gasteiger partial charge < -0.3 is 5.32 Å². The smallest absolute Gasteiger partial charge is 0.271 e. The highest BCUT2D eigenvalue weighted by molar-refractivity contribution is 7.91. The molecule has 23 heavy (non-hydrogen) atoms. The molecule has 3 rings (SSSR count). The van der Waals surface area contributed by atoms with Gasteiger partial charge in [0.2, 0.25) is 0 Å². The van der Waals surface area contributed by atoms with Crippen molar-refractivity contribution in [1.29, 1.82) is 0 Å². The van der Waals surface area contributed by atoms with Crippen LogP contribution in [0, 0.1) is 6.92 Å². The van der Waals surface area contributed by atoms with E-state index >= 15 is 0 Å². The Morgan fingerprint density at radius 2 is 2.13 bits per heavy atom. The minimum absolute atomic E-state index is 0.000699. The Bertz CT molecular complexity index is 861. The molecule has 1 atom stereocenters. The molecular weight excluding hydrogens is 356 g/mol. The second-order valence-electron chi connectivity index (χ2n) is 5.48. The van der Waals surface area contributed by atoms with Crippen LogP contribution in [0.25, 0.3) is 10.6 Å². The van der Waals surface area contributed by atoms with Gasteiger partial charge >= 0.3 is 0 Å². The Labute approximate surface area is 143 Å². The van der Waals surface area contributed by atoms with Gasteiger partial charge in [-0.25, -0.2) is 13.4 Å². The number of aryl methyl sites for hydroxylation is 1. The average molecular weight is 371 g/mol. The van der Waals surface area contributed by atoms with E-state index in [9.17, 15) is 13.2 Å². The van der Waals surface area contributed by atoms with Gasteiger partial charge in [-0.2, -0.15) is 0 Å². The Morgan fingerprint density at radius 3 is 2.78 bits per heavy atom. The molecule has 2 aromatic rings. The van der Waals surface area contributed by atoms with Gasteiger partial charge in [0.15, 0.2) is 9.84 Å². The lowest BCUT2D eigenvalue weighted by Crippen LogP contribution is -2.36. The van der Waals surface area contributed by atoms with E-state index in [-0.39, 0.29) is 23.5 Å². The number of amides is 1. The molecule has 1 aromatic carbocycles. The highest BCUT2D eigenvalue weighted by Crippen LogP contribution is 2.32. The van der Waals surface area contributed by atoms with E-state index in [1.165, 1.54) is 11.3 Å². The summed E-state index contributed by atoms with van der Waals surface area (Å²) in [6.07, 6.45) is 0.453. The fourth-order valence-corrected chi connectivity index (χ4v) is 5.42. The first-order valence-corrected chi connectivity index (χ1v) is 10.1. The van der Waals surface area contributed by atoms with E-state index in [4.69, 9.17) is 11.6 Å². The zero-order valence-electron chi connectivity index (χ0n) is 12.4. The molecule has 1 N–H and O–H groups in total. The van der Waals surface area contributed by atoms with Crippen LogP contribution in [-0.2, 0) is 9.84 Å². The molecule has 1 fully saturated rings. The molecule has 1 saturated heterocycles. The molecule has 1 aliphatic heterocycles. The number of hydrogen-bond donors (Lipinski definition) is 1. The molecule has 0 unspecified atom stereocenters. The number of thiazole rings is 1. The molecule has 2 heterocycles. The highest BCUT2D eigenvalue weighted by atomic mass is 35.5. The summed E-state index contributed by atoms with van der Waals surface area (Å²) in [6, 6.07) is 6.99. The maximum Gasteiger partial charge on any atom is 0.271 e. The molecule has 0 saturated carbocycles. The summed E-state index contributed by atoms with van der Waals surface area (Å²) in [6.45, 7) is 1.82. The molecule has 1 aliphatic rings. The topological polar surface area (TPSA) is 76.1 Å². The Hall–Kier alpha value is -1.44. The minimum Gasteiger partial charge on any atom is -0.347 e. The summed E-state index contributed by atoms with van der Waals surface area (Å²) in [7, 11) is -3.03. The second kappa shape index (κ2) is 6.22. The number of carbonyl (C=O) groups is 1. The second-order valence-corrected chi connectivity index (χ2v) is 9.32. The molecule has 0 spiro atoms. The number of nitrogens with zero attached hydrogens (tertiary/aromatic N) is 1. The molecule has 5 nitrogen and oxygen atoms in total. The first-order chi connectivity index (χ1) is 10.9. The van der Waals surface area contributed by atoms with E-state index in [0.29, 0.717) is 22.1 Å². The van der Waals surface area contributed by atoms with E-state index in [2.05, 4.69) is 10.3 Å². The van der Waals surface area contributed by atoms with Crippen LogP contribution in [0.2, 0.25) is 5.02 Å². The molecule has 1 amide bonds. The normalized spacial score (nSPS) is 19.7. The van der Waals surface area contributed by atoms with Crippen molar-refractivity contribution in [3.05, 3.63) is 39.9 Å². The highest BCUT2D eigenvalue weighted by Gasteiger charge is 2.30. The zero-order valence-corrected chi connectivity index (χ0v) is 14.8. The standard InChI is InChI=1S/C15H15ClN2O3S2/c1-9-13(14(19)17-10-6-7-23(20,21)8-10)18-15(22-9)11-4-2-3-5-12(11)16/h2-5,10H,6-8H2,1H3,(H,17,19)/t10-/m0/s1. The van der Waals surface area contributed by atoms with Crippen molar-refractivity contribution in [3.8, 4) is 10.6 Å². The monoisotopic (exact) mass is 370 g/mol. The number of rotatable bonds is 3. The van der Waals surface area contributed by atoms with Gasteiger partial charge in [-0.15, -0.1) is 11.3 Å². The third kappa shape index (κ3) is 3.57. The molecule has 122 valence electrons. The quantitative estimate of drug-likeness (QED) is 0.901. The van der Waals surface area contributed by atoms with Crippen molar-refractivity contribution in [2.24, 2.45) is 0 Å². The summed E-state index contributed by atoms with van der Waals surface area (Å²) < 4.78 is 22.9. The third-order valence-corrected chi connectivity index (χ3v) is 6.79. The zero-order chi connectivity index (χ0) is 16.6. The van der Waals surface area contributed by atoms with Crippen LogP contribution < -0.4 is 5.32 Å². The van der Waals surface area contributed by atoms with Crippen LogP contribution in [0.3, 0.4) is 0 Å². The van der Waals surface area contributed by atoms with Crippen molar-refractivity contribution >= 4 is 38.7 Å². The van der Waals surface area contributed by atoms with Crippen LogP contribution >= 0.6 is 22.9 Å². The molecular formula is C15H15ClN2O3S2. The summed E-state index contributed by atoms with van der Waals surface area (Å²) in [5, 5.41) is 4.02. The Kier molecular flexibility index (Phi) is 4.44. The fourth-order valence-electron chi connectivity index (χ4n) is 2.52. The van der Waals surface area contributed by atoms with E-state index < -0.39 is 9.84 Å². The van der Waals surface area contributed by atoms with Gasteiger partial charge in [0, 0.05) is 16.5 Å². The van der Waals surface area contributed by atoms with Crippen molar-refractivity contribution in [1.82, 2.24) is 10.3 Å². The van der Waals surface area contributed by atoms with Gasteiger partial charge in [0.05, 0.1) is 16.5 Å². The lowest BCUT2D eigenvalue weighted by Gasteiger charge is -2.09. The van der Waals surface area contributed by atoms with Crippen LogP contribution in [0.15, 0.2) is 24.3 Å². The number of halogens is 1. The Morgan fingerprint density at radius 1 is 1.39 bits per heavy atom. The fraction of sp³-hybridized carbons (Fsp3) is 0.333.